The van der Waals surface area contributed by atoms with Crippen molar-refractivity contribution in [3.63, 3.8) is 0 Å². The van der Waals surface area contributed by atoms with Gasteiger partial charge in [-0.25, -0.2) is 0 Å². The van der Waals surface area contributed by atoms with Gasteiger partial charge in [-0.2, -0.15) is 0 Å². The highest BCUT2D eigenvalue weighted by Crippen LogP contribution is 2.39. The maximum Gasteiger partial charge on any atom is 0.172 e. The topological polar surface area (TPSA) is 51.2 Å². The lowest BCUT2D eigenvalue weighted by atomic mass is 9.90. The van der Waals surface area contributed by atoms with Gasteiger partial charge in [-0.15, -0.1) is 0 Å². The van der Waals surface area contributed by atoms with Crippen molar-refractivity contribution in [1.82, 2.24) is 0 Å². The van der Waals surface area contributed by atoms with Gasteiger partial charge in [-0.1, -0.05) is 47.5 Å². The van der Waals surface area contributed by atoms with Gasteiger partial charge in [0.15, 0.2) is 5.78 Å². The van der Waals surface area contributed by atoms with Crippen LogP contribution in [0.1, 0.15) is 30.0 Å². The van der Waals surface area contributed by atoms with E-state index in [4.69, 9.17) is 0 Å². The number of carbonyl (C=O) groups is 2. The van der Waals surface area contributed by atoms with Crippen LogP contribution in [0.4, 0.5) is 0 Å². The number of carbonyl (C=O) groups excluding carboxylic acids is 2. The first-order chi connectivity index (χ1) is 12.4. The molecule has 0 radical (unpaired) electrons. The van der Waals surface area contributed by atoms with E-state index in [0.29, 0.717) is 4.90 Å². The summed E-state index contributed by atoms with van der Waals surface area (Å²) in [4.78, 5) is 25.2. The first-order valence-corrected chi connectivity index (χ1v) is 9.87. The molecule has 0 bridgehead atoms. The fourth-order valence-electron chi connectivity index (χ4n) is 3.35. The fourth-order valence-corrected chi connectivity index (χ4v) is 4.87. The van der Waals surface area contributed by atoms with Gasteiger partial charge in [-0.3, -0.25) is 9.00 Å². The van der Waals surface area contributed by atoms with Crippen LogP contribution < -0.4 is 0 Å². The Hall–Kier alpha value is -2.33. The molecular formula is C22H22O3S. The molecule has 134 valence electrons. The van der Waals surface area contributed by atoms with Crippen molar-refractivity contribution < 1.29 is 13.8 Å². The van der Waals surface area contributed by atoms with Gasteiger partial charge in [0.25, 0.3) is 0 Å². The van der Waals surface area contributed by atoms with Crippen molar-refractivity contribution in [2.24, 2.45) is 5.92 Å². The van der Waals surface area contributed by atoms with Crippen LogP contribution in [0.3, 0.4) is 0 Å². The maximum absolute atomic E-state index is 13.1. The quantitative estimate of drug-likeness (QED) is 0.802. The minimum atomic E-state index is -1.50. The lowest BCUT2D eigenvalue weighted by Crippen LogP contribution is -2.30. The molecule has 0 N–H and O–H groups in total. The zero-order chi connectivity index (χ0) is 18.8. The van der Waals surface area contributed by atoms with E-state index < -0.39 is 16.0 Å². The van der Waals surface area contributed by atoms with E-state index in [1.165, 1.54) is 6.92 Å². The van der Waals surface area contributed by atoms with Crippen LogP contribution >= 0.6 is 0 Å². The zero-order valence-corrected chi connectivity index (χ0v) is 16.0. The molecule has 3 rings (SSSR count). The minimum Gasteiger partial charge on any atom is -0.300 e. The minimum absolute atomic E-state index is 0.00591. The molecule has 0 saturated heterocycles. The van der Waals surface area contributed by atoms with Gasteiger partial charge in [0, 0.05) is 17.2 Å². The third-order valence-electron chi connectivity index (χ3n) is 4.72. The summed E-state index contributed by atoms with van der Waals surface area (Å²) in [6.45, 7) is 5.48. The maximum atomic E-state index is 13.1. The third-order valence-corrected chi connectivity index (χ3v) is 6.48. The summed E-state index contributed by atoms with van der Waals surface area (Å²) in [5.41, 5.74) is 3.93. The molecule has 0 aliphatic heterocycles. The van der Waals surface area contributed by atoms with Gasteiger partial charge in [0.05, 0.1) is 10.8 Å². The molecule has 0 heterocycles. The van der Waals surface area contributed by atoms with Crippen LogP contribution in [0.2, 0.25) is 0 Å². The Morgan fingerprint density at radius 1 is 0.962 bits per heavy atom. The summed E-state index contributed by atoms with van der Waals surface area (Å²) < 4.78 is 13.1. The van der Waals surface area contributed by atoms with Crippen molar-refractivity contribution >= 4 is 27.9 Å². The summed E-state index contributed by atoms with van der Waals surface area (Å²) in [6.07, 6.45) is 1.79. The molecule has 2 aromatic carbocycles. The van der Waals surface area contributed by atoms with Crippen molar-refractivity contribution in [1.29, 1.82) is 0 Å². The molecule has 3 atom stereocenters. The van der Waals surface area contributed by atoms with Gasteiger partial charge in [0.2, 0.25) is 0 Å². The molecule has 26 heavy (non-hydrogen) atoms. The highest BCUT2D eigenvalue weighted by Gasteiger charge is 2.41. The normalized spacial score (nSPS) is 20.7. The molecule has 0 fully saturated rings. The Kier molecular flexibility index (Phi) is 5.33. The molecule has 1 aliphatic rings. The highest BCUT2D eigenvalue weighted by molar-refractivity contribution is 7.86. The third kappa shape index (κ3) is 3.75. The second kappa shape index (κ2) is 7.50. The molecule has 0 spiro atoms. The number of rotatable bonds is 5. The molecule has 2 aromatic rings. The number of hydrogen-bond acceptors (Lipinski definition) is 3. The predicted molar refractivity (Wildman–Crippen MR) is 104 cm³/mol. The molecule has 4 heteroatoms. The Bertz CT molecular complexity index is 892. The second-order valence-electron chi connectivity index (χ2n) is 6.91. The summed E-state index contributed by atoms with van der Waals surface area (Å²) >= 11 is 0. The standard InChI is InChI=1S/C22H22O3S/c1-14-4-8-17(9-5-14)19-13-21(24)22(20(19)12-16(3)23)26(25)18-10-6-15(2)7-11-18/h4-11,13,20,22H,12H2,1-3H3. The lowest BCUT2D eigenvalue weighted by molar-refractivity contribution is -0.117. The molecule has 3 nitrogen and oxygen atoms in total. The van der Waals surface area contributed by atoms with Gasteiger partial charge >= 0.3 is 0 Å². The van der Waals surface area contributed by atoms with Gasteiger partial charge < -0.3 is 4.79 Å². The Morgan fingerprint density at radius 2 is 1.50 bits per heavy atom. The molecule has 1 aliphatic carbocycles. The molecular weight excluding hydrogens is 344 g/mol. The Morgan fingerprint density at radius 3 is 2.04 bits per heavy atom. The number of allylic oxidation sites excluding steroid dienone is 2. The Labute approximate surface area is 156 Å². The largest absolute Gasteiger partial charge is 0.300 e. The van der Waals surface area contributed by atoms with E-state index >= 15 is 0 Å². The summed E-state index contributed by atoms with van der Waals surface area (Å²) in [6, 6.07) is 15.3. The van der Waals surface area contributed by atoms with Crippen molar-refractivity contribution in [2.75, 3.05) is 0 Å². The van der Waals surface area contributed by atoms with Crippen LogP contribution in [0.5, 0.6) is 0 Å². The Balaban J connectivity index is 1.98. The summed E-state index contributed by atoms with van der Waals surface area (Å²) in [5.74, 6) is -0.524. The average Bonchev–Trinajstić information content (AvgIpc) is 2.91. The highest BCUT2D eigenvalue weighted by atomic mass is 32.2. The predicted octanol–water partition coefficient (Wildman–Crippen LogP) is 4.04. The van der Waals surface area contributed by atoms with E-state index in [2.05, 4.69) is 0 Å². The van der Waals surface area contributed by atoms with E-state index in [1.807, 2.05) is 50.2 Å². The number of benzene rings is 2. The van der Waals surface area contributed by atoms with Crippen molar-refractivity contribution in [2.45, 2.75) is 37.3 Å². The number of hydrogen-bond donors (Lipinski definition) is 0. The monoisotopic (exact) mass is 366 g/mol. The van der Waals surface area contributed by atoms with Crippen LogP contribution in [0, 0.1) is 19.8 Å². The molecule has 0 amide bonds. The summed E-state index contributed by atoms with van der Waals surface area (Å²) in [5, 5.41) is -0.710. The fraction of sp³-hybridized carbons (Fsp3) is 0.273. The van der Waals surface area contributed by atoms with E-state index in [0.717, 1.165) is 22.3 Å². The lowest BCUT2D eigenvalue weighted by Gasteiger charge is -2.21. The van der Waals surface area contributed by atoms with E-state index in [9.17, 15) is 13.8 Å². The van der Waals surface area contributed by atoms with Gasteiger partial charge in [0.1, 0.15) is 11.0 Å². The molecule has 3 unspecified atom stereocenters. The zero-order valence-electron chi connectivity index (χ0n) is 15.2. The second-order valence-corrected chi connectivity index (χ2v) is 8.49. The molecule has 0 saturated carbocycles. The van der Waals surface area contributed by atoms with E-state index in [1.54, 1.807) is 18.2 Å². The smallest absolute Gasteiger partial charge is 0.172 e. The van der Waals surface area contributed by atoms with Crippen LogP contribution in [0.25, 0.3) is 5.57 Å². The van der Waals surface area contributed by atoms with Crippen molar-refractivity contribution in [3.8, 4) is 0 Å². The first kappa shape index (κ1) is 18.5. The average molecular weight is 366 g/mol. The van der Waals surface area contributed by atoms with Gasteiger partial charge in [-0.05, 0) is 50.1 Å². The number of aryl methyl sites for hydroxylation is 2. The first-order valence-electron chi connectivity index (χ1n) is 8.66. The van der Waals surface area contributed by atoms with E-state index in [-0.39, 0.29) is 23.9 Å². The summed E-state index contributed by atoms with van der Waals surface area (Å²) in [7, 11) is -1.50. The molecule has 0 aromatic heterocycles. The van der Waals surface area contributed by atoms with Crippen LogP contribution in [0.15, 0.2) is 59.5 Å². The SMILES string of the molecule is CC(=O)CC1C(c2ccc(C)cc2)=CC(=O)C1S(=O)c1ccc(C)cc1. The van der Waals surface area contributed by atoms with Crippen LogP contribution in [-0.4, -0.2) is 21.0 Å². The number of Topliss-reactive ketones (excluding diaryl/α,β-unsaturated/α-hetero) is 1. The number of ketones is 2. The van der Waals surface area contributed by atoms with Crippen LogP contribution in [-0.2, 0) is 20.4 Å². The van der Waals surface area contributed by atoms with Crippen molar-refractivity contribution in [3.05, 3.63) is 71.3 Å².